The van der Waals surface area contributed by atoms with E-state index in [1.165, 1.54) is 0 Å². The van der Waals surface area contributed by atoms with Crippen LogP contribution in [0.3, 0.4) is 0 Å². The van der Waals surface area contributed by atoms with E-state index < -0.39 is 54.5 Å². The molecule has 4 unspecified atom stereocenters. The molecule has 3 amide bonds. The molecule has 12 heteroatoms. The minimum absolute atomic E-state index is 0.104. The van der Waals surface area contributed by atoms with Gasteiger partial charge >= 0.3 is 5.97 Å². The zero-order valence-electron chi connectivity index (χ0n) is 14.0. The largest absolute Gasteiger partial charge is 0.480 e. The van der Waals surface area contributed by atoms with Crippen LogP contribution in [0, 0.1) is 0 Å². The maximum atomic E-state index is 12.2. The summed E-state index contributed by atoms with van der Waals surface area (Å²) in [5.41, 5.74) is 0. The Labute approximate surface area is 161 Å². The predicted octanol–water partition coefficient (Wildman–Crippen LogP) is -2.87. The van der Waals surface area contributed by atoms with Gasteiger partial charge in [0.1, 0.15) is 18.1 Å². The molecule has 0 aliphatic carbocycles. The van der Waals surface area contributed by atoms with Crippen LogP contribution in [-0.2, 0) is 19.2 Å². The van der Waals surface area contributed by atoms with Crippen LogP contribution in [0.4, 0.5) is 0 Å². The zero-order valence-corrected chi connectivity index (χ0v) is 15.8. The van der Waals surface area contributed by atoms with Gasteiger partial charge < -0.3 is 31.5 Å². The molecule has 1 rings (SSSR count). The number of aliphatic hydroxyl groups is 1. The molecule has 0 saturated carbocycles. The van der Waals surface area contributed by atoms with E-state index in [4.69, 9.17) is 5.11 Å². The van der Waals surface area contributed by atoms with Crippen molar-refractivity contribution in [3.05, 3.63) is 0 Å². The van der Waals surface area contributed by atoms with Gasteiger partial charge in [0.05, 0.1) is 12.6 Å². The fourth-order valence-electron chi connectivity index (χ4n) is 2.30. The second-order valence-electron chi connectivity index (χ2n) is 5.72. The molecule has 0 radical (unpaired) electrons. The molecule has 0 aromatic rings. The molecular weight excluding hydrogens is 384 g/mol. The van der Waals surface area contributed by atoms with Crippen molar-refractivity contribution < 1.29 is 29.4 Å². The lowest BCUT2D eigenvalue weighted by Gasteiger charge is -2.23. The molecule has 6 N–H and O–H groups in total. The summed E-state index contributed by atoms with van der Waals surface area (Å²) >= 11 is 7.81. The number of amides is 3. The van der Waals surface area contributed by atoms with Crippen LogP contribution in [0.1, 0.15) is 12.8 Å². The molecule has 10 nitrogen and oxygen atoms in total. The number of thiol groups is 2. The first-order chi connectivity index (χ1) is 12.3. The van der Waals surface area contributed by atoms with Gasteiger partial charge in [0, 0.05) is 11.5 Å². The van der Waals surface area contributed by atoms with E-state index in [0.717, 1.165) is 6.42 Å². The second-order valence-corrected chi connectivity index (χ2v) is 6.45. The van der Waals surface area contributed by atoms with Crippen molar-refractivity contribution in [1.29, 1.82) is 0 Å². The molecule has 1 fully saturated rings. The number of nitrogens with one attached hydrogen (secondary N) is 4. The quantitative estimate of drug-likeness (QED) is 0.181. The first-order valence-electron chi connectivity index (χ1n) is 8.03. The van der Waals surface area contributed by atoms with Crippen molar-refractivity contribution in [2.45, 2.75) is 37.0 Å². The van der Waals surface area contributed by atoms with E-state index in [9.17, 15) is 24.3 Å². The van der Waals surface area contributed by atoms with E-state index in [-0.39, 0.29) is 11.5 Å². The first-order valence-corrected chi connectivity index (χ1v) is 9.30. The summed E-state index contributed by atoms with van der Waals surface area (Å²) < 4.78 is 0. The highest BCUT2D eigenvalue weighted by molar-refractivity contribution is 7.80. The van der Waals surface area contributed by atoms with E-state index in [1.807, 2.05) is 0 Å². The van der Waals surface area contributed by atoms with Gasteiger partial charge in [-0.25, -0.2) is 4.79 Å². The second kappa shape index (κ2) is 11.3. The topological polar surface area (TPSA) is 157 Å². The van der Waals surface area contributed by atoms with Gasteiger partial charge in [-0.1, -0.05) is 0 Å². The van der Waals surface area contributed by atoms with E-state index in [0.29, 0.717) is 13.0 Å². The van der Waals surface area contributed by atoms with Gasteiger partial charge in [-0.05, 0) is 19.4 Å². The van der Waals surface area contributed by atoms with Crippen LogP contribution in [-0.4, -0.2) is 82.7 Å². The van der Waals surface area contributed by atoms with Gasteiger partial charge in [0.2, 0.25) is 17.7 Å². The highest BCUT2D eigenvalue weighted by Gasteiger charge is 2.30. The molecule has 1 aliphatic rings. The summed E-state index contributed by atoms with van der Waals surface area (Å²) in [6, 6.07) is -4.01. The van der Waals surface area contributed by atoms with Gasteiger partial charge in [0.15, 0.2) is 0 Å². The van der Waals surface area contributed by atoms with E-state index in [2.05, 4.69) is 46.5 Å². The maximum absolute atomic E-state index is 12.2. The lowest BCUT2D eigenvalue weighted by Crippen LogP contribution is -2.58. The van der Waals surface area contributed by atoms with Gasteiger partial charge in [0.25, 0.3) is 0 Å². The van der Waals surface area contributed by atoms with E-state index >= 15 is 0 Å². The number of carbonyl (C=O) groups excluding carboxylic acids is 3. The summed E-state index contributed by atoms with van der Waals surface area (Å²) in [6.07, 6.45) is 1.47. The summed E-state index contributed by atoms with van der Waals surface area (Å²) in [7, 11) is 0. The van der Waals surface area contributed by atoms with Crippen LogP contribution in [0.2, 0.25) is 0 Å². The van der Waals surface area contributed by atoms with Crippen LogP contribution in [0.25, 0.3) is 0 Å². The molecule has 1 heterocycles. The monoisotopic (exact) mass is 408 g/mol. The van der Waals surface area contributed by atoms with Crippen molar-refractivity contribution in [3.8, 4) is 0 Å². The van der Waals surface area contributed by atoms with Crippen molar-refractivity contribution in [3.63, 3.8) is 0 Å². The Hall–Kier alpha value is -1.50. The van der Waals surface area contributed by atoms with Crippen LogP contribution in [0.15, 0.2) is 0 Å². The Kier molecular flexibility index (Phi) is 9.76. The molecule has 1 aliphatic heterocycles. The van der Waals surface area contributed by atoms with Crippen molar-refractivity contribution in [2.24, 2.45) is 0 Å². The molecule has 1 saturated heterocycles. The highest BCUT2D eigenvalue weighted by Crippen LogP contribution is 2.05. The molecule has 0 spiro atoms. The smallest absolute Gasteiger partial charge is 0.327 e. The Morgan fingerprint density at radius 3 is 2.04 bits per heavy atom. The SMILES string of the molecule is O=C(O)C(CS)NC(=O)C(CS)NC(=O)C(CO)NC(=O)C1CCCN1. The fraction of sp³-hybridized carbons (Fsp3) is 0.714. The number of carboxylic acids is 1. The number of aliphatic carboxylic acids is 1. The Balaban J connectivity index is 2.63. The molecule has 26 heavy (non-hydrogen) atoms. The molecule has 0 aromatic heterocycles. The fourth-order valence-corrected chi connectivity index (χ4v) is 2.80. The first kappa shape index (κ1) is 22.5. The number of aliphatic hydroxyl groups excluding tert-OH is 1. The summed E-state index contributed by atoms with van der Waals surface area (Å²) in [4.78, 5) is 47.3. The van der Waals surface area contributed by atoms with Gasteiger partial charge in [-0.3, -0.25) is 14.4 Å². The van der Waals surface area contributed by atoms with Crippen LogP contribution >= 0.6 is 25.3 Å². The number of hydrogen-bond donors (Lipinski definition) is 8. The van der Waals surface area contributed by atoms with Crippen LogP contribution < -0.4 is 21.3 Å². The van der Waals surface area contributed by atoms with Crippen molar-refractivity contribution in [2.75, 3.05) is 24.7 Å². The predicted molar refractivity (Wildman–Crippen MR) is 99.2 cm³/mol. The average Bonchev–Trinajstić information content (AvgIpc) is 3.15. The molecular formula is C14H24N4O6S2. The summed E-state index contributed by atoms with van der Waals surface area (Å²) in [5, 5.41) is 28.3. The normalized spacial score (nSPS) is 19.9. The average molecular weight is 409 g/mol. The molecule has 4 atom stereocenters. The van der Waals surface area contributed by atoms with Crippen molar-refractivity contribution in [1.82, 2.24) is 21.3 Å². The third kappa shape index (κ3) is 6.67. The Bertz CT molecular complexity index is 530. The van der Waals surface area contributed by atoms with Crippen molar-refractivity contribution >= 4 is 48.9 Å². The third-order valence-corrected chi connectivity index (χ3v) is 4.54. The van der Waals surface area contributed by atoms with Crippen LogP contribution in [0.5, 0.6) is 0 Å². The minimum atomic E-state index is -1.26. The molecule has 0 aromatic carbocycles. The number of carboxylic acid groups (broad SMARTS) is 1. The number of hydrogen-bond acceptors (Lipinski definition) is 8. The molecule has 0 bridgehead atoms. The van der Waals surface area contributed by atoms with Gasteiger partial charge in [-0.2, -0.15) is 25.3 Å². The lowest BCUT2D eigenvalue weighted by molar-refractivity contribution is -0.141. The third-order valence-electron chi connectivity index (χ3n) is 3.81. The van der Waals surface area contributed by atoms with E-state index in [1.54, 1.807) is 0 Å². The highest BCUT2D eigenvalue weighted by atomic mass is 32.1. The number of rotatable bonds is 10. The molecule has 148 valence electrons. The Morgan fingerprint density at radius 2 is 1.58 bits per heavy atom. The summed E-state index contributed by atoms with van der Waals surface area (Å²) in [6.45, 7) is 0.0471. The minimum Gasteiger partial charge on any atom is -0.480 e. The lowest BCUT2D eigenvalue weighted by atomic mass is 10.2. The Morgan fingerprint density at radius 1 is 1.00 bits per heavy atom. The zero-order chi connectivity index (χ0) is 19.7. The van der Waals surface area contributed by atoms with Gasteiger partial charge in [-0.15, -0.1) is 0 Å². The number of carbonyl (C=O) groups is 4. The maximum Gasteiger partial charge on any atom is 0.327 e. The standard InChI is InChI=1S/C14H24N4O6S2/c19-4-8(16-11(20)7-2-1-3-15-7)12(21)17-9(5-25)13(22)18-10(6-26)14(23)24/h7-10,15,19,25-26H,1-6H2,(H,16,20)(H,17,21)(H,18,22)(H,23,24). The summed E-state index contributed by atoms with van der Waals surface area (Å²) in [5.74, 6) is -3.43.